The maximum atomic E-state index is 12.8. The van der Waals surface area contributed by atoms with E-state index in [4.69, 9.17) is 27.9 Å². The van der Waals surface area contributed by atoms with E-state index in [0.717, 1.165) is 17.0 Å². The molecule has 1 amide bonds. The molecule has 1 aliphatic heterocycles. The third-order valence-electron chi connectivity index (χ3n) is 5.13. The van der Waals surface area contributed by atoms with E-state index in [9.17, 15) is 4.79 Å². The normalized spacial score (nSPS) is 12.5. The number of nitrogens with one attached hydrogen (secondary N) is 1. The number of methoxy groups -OCH3 is 1. The highest BCUT2D eigenvalue weighted by Crippen LogP contribution is 2.37. The van der Waals surface area contributed by atoms with Crippen molar-refractivity contribution in [1.29, 1.82) is 0 Å². The third kappa shape index (κ3) is 3.90. The summed E-state index contributed by atoms with van der Waals surface area (Å²) in [6, 6.07) is 11.0. The Morgan fingerprint density at radius 2 is 2.03 bits per heavy atom. The average Bonchev–Trinajstić information content (AvgIpc) is 3.03. The lowest BCUT2D eigenvalue weighted by Gasteiger charge is -2.15. The van der Waals surface area contributed by atoms with Gasteiger partial charge in [-0.05, 0) is 36.8 Å². The van der Waals surface area contributed by atoms with Crippen molar-refractivity contribution < 1.29 is 9.53 Å². The van der Waals surface area contributed by atoms with Gasteiger partial charge in [0.05, 0.1) is 53.4 Å². The molecule has 1 aliphatic rings. The number of aryl methyl sites for hydroxylation is 1. The number of benzene rings is 1. The summed E-state index contributed by atoms with van der Waals surface area (Å²) in [5.41, 5.74) is 4.85. The summed E-state index contributed by atoms with van der Waals surface area (Å²) in [6.07, 6.45) is 0.440. The first-order valence-corrected chi connectivity index (χ1v) is 10.0. The fourth-order valence-corrected chi connectivity index (χ4v) is 3.85. The quantitative estimate of drug-likeness (QED) is 0.578. The molecule has 3 heterocycles. The van der Waals surface area contributed by atoms with Crippen LogP contribution in [0, 0.1) is 13.5 Å². The summed E-state index contributed by atoms with van der Waals surface area (Å²) in [6.45, 7) is 9.58. The second-order valence-electron chi connectivity index (χ2n) is 7.32. The molecule has 0 saturated carbocycles. The number of anilines is 2. The molecule has 8 heteroatoms. The molecule has 0 spiro atoms. The smallest absolute Gasteiger partial charge is 0.272 e. The Morgan fingerprint density at radius 1 is 1.23 bits per heavy atom. The van der Waals surface area contributed by atoms with Gasteiger partial charge in [-0.2, -0.15) is 0 Å². The lowest BCUT2D eigenvalue weighted by molar-refractivity contribution is 0.0817. The number of rotatable bonds is 5. The molecule has 0 fully saturated rings. The summed E-state index contributed by atoms with van der Waals surface area (Å²) in [4.78, 5) is 27.0. The zero-order valence-corrected chi connectivity index (χ0v) is 18.1. The standard InChI is InChI=1S/C23H20ClN5O2/c1-13-8-9-14(27-22(13)25-2)10-15-11-18(20-19(26-15)12-29(3)23(20)30)28-17-7-5-6-16(24)21(17)31-4/h5-9,11H,10,12H2,1,3-4H3,(H,26,28). The molecule has 156 valence electrons. The highest BCUT2D eigenvalue weighted by Gasteiger charge is 2.30. The lowest BCUT2D eigenvalue weighted by atomic mass is 10.1. The van der Waals surface area contributed by atoms with Crippen molar-refractivity contribution in [2.24, 2.45) is 0 Å². The highest BCUT2D eigenvalue weighted by atomic mass is 35.5. The van der Waals surface area contributed by atoms with Crippen molar-refractivity contribution in [2.45, 2.75) is 19.9 Å². The average molecular weight is 434 g/mol. The van der Waals surface area contributed by atoms with Gasteiger partial charge in [0.15, 0.2) is 5.75 Å². The summed E-state index contributed by atoms with van der Waals surface area (Å²) < 4.78 is 5.43. The van der Waals surface area contributed by atoms with Crippen LogP contribution in [0.1, 0.15) is 33.0 Å². The molecule has 0 radical (unpaired) electrons. The molecule has 2 aromatic heterocycles. The number of hydrogen-bond donors (Lipinski definition) is 1. The van der Waals surface area contributed by atoms with Gasteiger partial charge in [-0.25, -0.2) is 0 Å². The van der Waals surface area contributed by atoms with Crippen LogP contribution in [-0.4, -0.2) is 34.9 Å². The SMILES string of the molecule is [C-]#[N+]c1nc(Cc2cc(Nc3cccc(Cl)c3OC)c3c(n2)CN(C)C3=O)ccc1C. The minimum atomic E-state index is -0.0960. The van der Waals surface area contributed by atoms with Gasteiger partial charge >= 0.3 is 0 Å². The Kier molecular flexibility index (Phi) is 5.49. The van der Waals surface area contributed by atoms with Gasteiger partial charge in [0, 0.05) is 7.05 Å². The second-order valence-corrected chi connectivity index (χ2v) is 7.73. The summed E-state index contributed by atoms with van der Waals surface area (Å²) >= 11 is 6.26. The van der Waals surface area contributed by atoms with Crippen molar-refractivity contribution >= 4 is 34.7 Å². The van der Waals surface area contributed by atoms with Crippen LogP contribution >= 0.6 is 11.6 Å². The predicted octanol–water partition coefficient (Wildman–Crippen LogP) is 4.92. The predicted molar refractivity (Wildman–Crippen MR) is 119 cm³/mol. The number of carbonyl (C=O) groups is 1. The molecular weight excluding hydrogens is 414 g/mol. The first kappa shape index (κ1) is 20.6. The van der Waals surface area contributed by atoms with Crippen molar-refractivity contribution in [3.8, 4) is 5.75 Å². The van der Waals surface area contributed by atoms with E-state index >= 15 is 0 Å². The van der Waals surface area contributed by atoms with E-state index in [-0.39, 0.29) is 5.91 Å². The summed E-state index contributed by atoms with van der Waals surface area (Å²) in [5, 5.41) is 3.78. The number of carbonyl (C=O) groups excluding carboxylic acids is 1. The van der Waals surface area contributed by atoms with Crippen molar-refractivity contribution in [1.82, 2.24) is 14.9 Å². The number of ether oxygens (including phenoxy) is 1. The first-order chi connectivity index (χ1) is 14.9. The van der Waals surface area contributed by atoms with Crippen LogP contribution in [0.2, 0.25) is 5.02 Å². The van der Waals surface area contributed by atoms with Crippen molar-refractivity contribution in [3.05, 3.63) is 81.0 Å². The Morgan fingerprint density at radius 3 is 2.77 bits per heavy atom. The van der Waals surface area contributed by atoms with E-state index in [0.29, 0.717) is 52.2 Å². The number of para-hydroxylation sites is 1. The number of aromatic nitrogens is 2. The Balaban J connectivity index is 1.77. The molecule has 0 aliphatic carbocycles. The van der Waals surface area contributed by atoms with E-state index in [1.54, 1.807) is 25.1 Å². The lowest BCUT2D eigenvalue weighted by Crippen LogP contribution is -2.18. The zero-order chi connectivity index (χ0) is 22.1. The van der Waals surface area contributed by atoms with Crippen LogP contribution in [0.3, 0.4) is 0 Å². The molecule has 0 unspecified atom stereocenters. The molecule has 3 aromatic rings. The Labute approximate surface area is 185 Å². The number of hydrogen-bond acceptors (Lipinski definition) is 5. The molecule has 0 atom stereocenters. The Bertz CT molecular complexity index is 1240. The molecule has 4 rings (SSSR count). The number of fused-ring (bicyclic) bond motifs is 1. The van der Waals surface area contributed by atoms with Crippen LogP contribution in [0.5, 0.6) is 5.75 Å². The third-order valence-corrected chi connectivity index (χ3v) is 5.43. The van der Waals surface area contributed by atoms with Crippen LogP contribution < -0.4 is 10.1 Å². The zero-order valence-electron chi connectivity index (χ0n) is 17.4. The van der Waals surface area contributed by atoms with Crippen molar-refractivity contribution in [2.75, 3.05) is 19.5 Å². The fourth-order valence-electron chi connectivity index (χ4n) is 3.60. The van der Waals surface area contributed by atoms with Crippen LogP contribution in [0.4, 0.5) is 17.2 Å². The van der Waals surface area contributed by atoms with Gasteiger partial charge in [0.2, 0.25) is 0 Å². The molecule has 0 saturated heterocycles. The first-order valence-electron chi connectivity index (χ1n) is 9.63. The maximum absolute atomic E-state index is 12.8. The van der Waals surface area contributed by atoms with Gasteiger partial charge in [-0.15, -0.1) is 4.98 Å². The molecule has 1 aromatic carbocycles. The van der Waals surface area contributed by atoms with E-state index in [1.165, 1.54) is 0 Å². The molecule has 31 heavy (non-hydrogen) atoms. The minimum absolute atomic E-state index is 0.0960. The highest BCUT2D eigenvalue weighted by molar-refractivity contribution is 6.32. The van der Waals surface area contributed by atoms with Crippen molar-refractivity contribution in [3.63, 3.8) is 0 Å². The van der Waals surface area contributed by atoms with E-state index < -0.39 is 0 Å². The van der Waals surface area contributed by atoms with Gasteiger partial charge in [0.25, 0.3) is 11.7 Å². The van der Waals surface area contributed by atoms with Gasteiger partial charge in [-0.1, -0.05) is 30.3 Å². The summed E-state index contributed by atoms with van der Waals surface area (Å²) in [7, 11) is 3.29. The number of nitrogens with zero attached hydrogens (tertiary/aromatic N) is 4. The van der Waals surface area contributed by atoms with Gasteiger partial charge in [0.1, 0.15) is 5.69 Å². The van der Waals surface area contributed by atoms with Crippen LogP contribution in [-0.2, 0) is 13.0 Å². The molecule has 1 N–H and O–H groups in total. The van der Waals surface area contributed by atoms with Gasteiger partial charge in [-0.3, -0.25) is 9.78 Å². The minimum Gasteiger partial charge on any atom is -0.493 e. The molecule has 0 bridgehead atoms. The Hall–Kier alpha value is -3.63. The van der Waals surface area contributed by atoms with Gasteiger partial charge < -0.3 is 19.8 Å². The molecule has 7 nitrogen and oxygen atoms in total. The largest absolute Gasteiger partial charge is 0.493 e. The maximum Gasteiger partial charge on any atom is 0.272 e. The summed E-state index contributed by atoms with van der Waals surface area (Å²) in [5.74, 6) is 0.786. The van der Waals surface area contributed by atoms with E-state index in [1.807, 2.05) is 37.3 Å². The molecular formula is C23H20ClN5O2. The van der Waals surface area contributed by atoms with Crippen LogP contribution in [0.25, 0.3) is 4.85 Å². The number of halogens is 1. The number of amides is 1. The second kappa shape index (κ2) is 8.25. The fraction of sp³-hybridized carbons (Fsp3) is 0.217. The van der Waals surface area contributed by atoms with E-state index in [2.05, 4.69) is 15.1 Å². The monoisotopic (exact) mass is 433 g/mol. The number of pyridine rings is 2. The van der Waals surface area contributed by atoms with Crippen LogP contribution in [0.15, 0.2) is 36.4 Å². The topological polar surface area (TPSA) is 71.7 Å².